The molecule has 2 rings (SSSR count). The number of nitrogens with one attached hydrogen (secondary N) is 1. The molecule has 0 radical (unpaired) electrons. The highest BCUT2D eigenvalue weighted by Crippen LogP contribution is 2.20. The molecule has 1 heterocycles. The van der Waals surface area contributed by atoms with Crippen molar-refractivity contribution in [2.24, 2.45) is 0 Å². The van der Waals surface area contributed by atoms with Crippen LogP contribution in [0.15, 0.2) is 18.2 Å². The Morgan fingerprint density at radius 2 is 2.27 bits per heavy atom. The van der Waals surface area contributed by atoms with E-state index in [1.165, 1.54) is 6.07 Å². The molecule has 1 aromatic carbocycles. The van der Waals surface area contributed by atoms with Gasteiger partial charge >= 0.3 is 6.09 Å². The molecule has 0 spiro atoms. The second-order valence-electron chi connectivity index (χ2n) is 3.30. The lowest BCUT2D eigenvalue weighted by atomic mass is 10.1. The Morgan fingerprint density at radius 1 is 1.53 bits per heavy atom. The molecular formula is C10H11ClFNO2. The first-order valence-electron chi connectivity index (χ1n) is 4.36. The summed E-state index contributed by atoms with van der Waals surface area (Å²) in [7, 11) is 0. The molecule has 1 amide bonds. The van der Waals surface area contributed by atoms with Crippen molar-refractivity contribution >= 4 is 18.5 Å². The summed E-state index contributed by atoms with van der Waals surface area (Å²) in [6.45, 7) is 1.96. The first kappa shape index (κ1) is 11.8. The maximum Gasteiger partial charge on any atom is 0.407 e. The molecule has 15 heavy (non-hydrogen) atoms. The Bertz CT molecular complexity index is 384. The normalized spacial score (nSPS) is 19.1. The fraction of sp³-hybridized carbons (Fsp3) is 0.300. The third kappa shape index (κ3) is 2.39. The van der Waals surface area contributed by atoms with Crippen LogP contribution in [0.1, 0.15) is 17.2 Å². The molecule has 82 valence electrons. The van der Waals surface area contributed by atoms with E-state index in [1.807, 2.05) is 0 Å². The van der Waals surface area contributed by atoms with Gasteiger partial charge in [0.1, 0.15) is 12.4 Å². The van der Waals surface area contributed by atoms with Crippen molar-refractivity contribution in [3.63, 3.8) is 0 Å². The lowest BCUT2D eigenvalue weighted by Crippen LogP contribution is -2.18. The van der Waals surface area contributed by atoms with Gasteiger partial charge in [0, 0.05) is 0 Å². The third-order valence-electron chi connectivity index (χ3n) is 2.27. The van der Waals surface area contributed by atoms with E-state index in [2.05, 4.69) is 5.32 Å². The number of benzene rings is 1. The summed E-state index contributed by atoms with van der Waals surface area (Å²) in [5.41, 5.74) is 1.33. The monoisotopic (exact) mass is 231 g/mol. The summed E-state index contributed by atoms with van der Waals surface area (Å²) >= 11 is 0. The number of rotatable bonds is 1. The molecular weight excluding hydrogens is 221 g/mol. The van der Waals surface area contributed by atoms with Crippen LogP contribution in [0, 0.1) is 12.7 Å². The highest BCUT2D eigenvalue weighted by molar-refractivity contribution is 5.85. The second kappa shape index (κ2) is 4.49. The molecule has 0 saturated carbocycles. The quantitative estimate of drug-likeness (QED) is 0.806. The van der Waals surface area contributed by atoms with Crippen LogP contribution in [0.5, 0.6) is 0 Å². The molecule has 0 aliphatic carbocycles. The van der Waals surface area contributed by atoms with Crippen LogP contribution >= 0.6 is 12.4 Å². The number of alkyl carbamates (subject to hydrolysis) is 1. The number of amides is 1. The molecule has 0 bridgehead atoms. The highest BCUT2D eigenvalue weighted by atomic mass is 35.5. The lowest BCUT2D eigenvalue weighted by molar-refractivity contribution is 0.177. The van der Waals surface area contributed by atoms with Gasteiger partial charge in [-0.05, 0) is 24.1 Å². The summed E-state index contributed by atoms with van der Waals surface area (Å²) in [4.78, 5) is 10.8. The molecule has 1 fully saturated rings. The zero-order chi connectivity index (χ0) is 10.1. The van der Waals surface area contributed by atoms with Gasteiger partial charge in [-0.15, -0.1) is 12.4 Å². The summed E-state index contributed by atoms with van der Waals surface area (Å²) in [6.07, 6.45) is -0.448. The zero-order valence-corrected chi connectivity index (χ0v) is 8.94. The molecule has 1 aliphatic rings. The fourth-order valence-corrected chi connectivity index (χ4v) is 1.39. The number of carbonyl (C=O) groups is 1. The number of halogens is 2. The summed E-state index contributed by atoms with van der Waals surface area (Å²) in [5.74, 6) is -0.261. The van der Waals surface area contributed by atoms with Gasteiger partial charge < -0.3 is 10.1 Å². The van der Waals surface area contributed by atoms with Crippen LogP contribution in [-0.2, 0) is 4.74 Å². The molecule has 1 N–H and O–H groups in total. The standard InChI is InChI=1S/C10H10FNO2.ClH/c1-6-2-3-7(4-8(6)11)9-5-14-10(13)12-9;/h2-4,9H,5H2,1H3,(H,12,13);1H/t9-;/m1./s1. The minimum absolute atomic E-state index is 0. The molecule has 3 nitrogen and oxygen atoms in total. The van der Waals surface area contributed by atoms with Crippen LogP contribution < -0.4 is 5.32 Å². The van der Waals surface area contributed by atoms with Crippen molar-refractivity contribution < 1.29 is 13.9 Å². The average molecular weight is 232 g/mol. The maximum absolute atomic E-state index is 13.2. The van der Waals surface area contributed by atoms with Crippen molar-refractivity contribution in [3.8, 4) is 0 Å². The van der Waals surface area contributed by atoms with E-state index in [1.54, 1.807) is 19.1 Å². The van der Waals surface area contributed by atoms with Gasteiger partial charge in [0.25, 0.3) is 0 Å². The fourth-order valence-electron chi connectivity index (χ4n) is 1.39. The Kier molecular flexibility index (Phi) is 3.52. The molecule has 1 atom stereocenters. The Balaban J connectivity index is 0.00000112. The minimum atomic E-state index is -0.448. The zero-order valence-electron chi connectivity index (χ0n) is 8.12. The Hall–Kier alpha value is -1.29. The predicted molar refractivity (Wildman–Crippen MR) is 55.6 cm³/mol. The van der Waals surface area contributed by atoms with Gasteiger partial charge in [-0.2, -0.15) is 0 Å². The first-order chi connectivity index (χ1) is 6.66. The largest absolute Gasteiger partial charge is 0.447 e. The van der Waals surface area contributed by atoms with Gasteiger partial charge in [0.05, 0.1) is 6.04 Å². The van der Waals surface area contributed by atoms with E-state index < -0.39 is 6.09 Å². The van der Waals surface area contributed by atoms with Crippen molar-refractivity contribution in [3.05, 3.63) is 35.1 Å². The van der Waals surface area contributed by atoms with Crippen molar-refractivity contribution in [1.29, 1.82) is 0 Å². The minimum Gasteiger partial charge on any atom is -0.447 e. The van der Waals surface area contributed by atoms with Crippen LogP contribution in [0.4, 0.5) is 9.18 Å². The molecule has 0 aromatic heterocycles. The molecule has 5 heteroatoms. The Morgan fingerprint density at radius 3 is 2.80 bits per heavy atom. The highest BCUT2D eigenvalue weighted by Gasteiger charge is 2.23. The summed E-state index contributed by atoms with van der Waals surface area (Å²) < 4.78 is 17.9. The van der Waals surface area contributed by atoms with Crippen molar-refractivity contribution in [1.82, 2.24) is 5.32 Å². The van der Waals surface area contributed by atoms with E-state index in [9.17, 15) is 9.18 Å². The Labute approximate surface area is 93.0 Å². The number of carbonyl (C=O) groups excluding carboxylic acids is 1. The second-order valence-corrected chi connectivity index (χ2v) is 3.30. The van der Waals surface area contributed by atoms with Gasteiger partial charge in [-0.25, -0.2) is 9.18 Å². The number of aryl methyl sites for hydroxylation is 1. The van der Waals surface area contributed by atoms with E-state index in [4.69, 9.17) is 4.74 Å². The van der Waals surface area contributed by atoms with Gasteiger partial charge in [0.15, 0.2) is 0 Å². The van der Waals surface area contributed by atoms with E-state index in [0.717, 1.165) is 5.56 Å². The number of hydrogen-bond donors (Lipinski definition) is 1. The first-order valence-corrected chi connectivity index (χ1v) is 4.36. The predicted octanol–water partition coefficient (Wildman–Crippen LogP) is 2.34. The third-order valence-corrected chi connectivity index (χ3v) is 2.27. The molecule has 1 aromatic rings. The van der Waals surface area contributed by atoms with Crippen LogP contribution in [-0.4, -0.2) is 12.7 Å². The number of cyclic esters (lactones) is 1. The lowest BCUT2D eigenvalue weighted by Gasteiger charge is -2.08. The van der Waals surface area contributed by atoms with Gasteiger partial charge in [-0.3, -0.25) is 0 Å². The smallest absolute Gasteiger partial charge is 0.407 e. The molecule has 1 saturated heterocycles. The van der Waals surface area contributed by atoms with E-state index in [0.29, 0.717) is 5.56 Å². The van der Waals surface area contributed by atoms with Gasteiger partial charge in [-0.1, -0.05) is 12.1 Å². The average Bonchev–Trinajstić information content (AvgIpc) is 2.57. The summed E-state index contributed by atoms with van der Waals surface area (Å²) in [6, 6.07) is 4.68. The molecule has 0 unspecified atom stereocenters. The number of hydrogen-bond acceptors (Lipinski definition) is 2. The van der Waals surface area contributed by atoms with E-state index in [-0.39, 0.29) is 30.9 Å². The van der Waals surface area contributed by atoms with E-state index >= 15 is 0 Å². The summed E-state index contributed by atoms with van der Waals surface area (Å²) in [5, 5.41) is 2.59. The SMILES string of the molecule is Cc1ccc([C@H]2COC(=O)N2)cc1F.Cl. The molecule has 1 aliphatic heterocycles. The van der Waals surface area contributed by atoms with Crippen LogP contribution in [0.25, 0.3) is 0 Å². The van der Waals surface area contributed by atoms with Crippen molar-refractivity contribution in [2.75, 3.05) is 6.61 Å². The van der Waals surface area contributed by atoms with Crippen molar-refractivity contribution in [2.45, 2.75) is 13.0 Å². The maximum atomic E-state index is 13.2. The van der Waals surface area contributed by atoms with Crippen LogP contribution in [0.3, 0.4) is 0 Å². The van der Waals surface area contributed by atoms with Gasteiger partial charge in [0.2, 0.25) is 0 Å². The number of ether oxygens (including phenoxy) is 1. The van der Waals surface area contributed by atoms with Crippen LogP contribution in [0.2, 0.25) is 0 Å². The topological polar surface area (TPSA) is 38.3 Å².